The lowest BCUT2D eigenvalue weighted by molar-refractivity contribution is 0.480. The molecule has 2 nitrogen and oxygen atoms in total. The van der Waals surface area contributed by atoms with Gasteiger partial charge in [-0.05, 0) is 36.8 Å². The van der Waals surface area contributed by atoms with Gasteiger partial charge in [-0.25, -0.2) is 4.39 Å². The summed E-state index contributed by atoms with van der Waals surface area (Å²) in [6, 6.07) is 5.63. The fraction of sp³-hybridized carbons (Fsp3) is 0.467. The van der Waals surface area contributed by atoms with Crippen molar-refractivity contribution in [2.24, 2.45) is 18.7 Å². The molecular formula is C15H19FN2. The molecule has 3 rings (SSSR count). The summed E-state index contributed by atoms with van der Waals surface area (Å²) in [5, 5.41) is 1.04. The Kier molecular flexibility index (Phi) is 2.86. The SMILES string of the molecule is Cn1cc(CC2CCCC2N)c2cccc(F)c21. The fourth-order valence-electron chi connectivity index (χ4n) is 3.26. The molecule has 0 saturated heterocycles. The number of nitrogens with zero attached hydrogens (tertiary/aromatic N) is 1. The molecule has 0 amide bonds. The summed E-state index contributed by atoms with van der Waals surface area (Å²) in [7, 11) is 1.91. The molecule has 1 saturated carbocycles. The van der Waals surface area contributed by atoms with Crippen LogP contribution in [0.15, 0.2) is 24.4 Å². The van der Waals surface area contributed by atoms with Crippen LogP contribution in [0.3, 0.4) is 0 Å². The average molecular weight is 246 g/mol. The van der Waals surface area contributed by atoms with Gasteiger partial charge in [0.15, 0.2) is 0 Å². The van der Waals surface area contributed by atoms with Crippen LogP contribution in [0.5, 0.6) is 0 Å². The normalized spacial score (nSPS) is 23.9. The first kappa shape index (κ1) is 11.7. The van der Waals surface area contributed by atoms with Crippen molar-refractivity contribution in [1.29, 1.82) is 0 Å². The molecule has 2 unspecified atom stereocenters. The number of hydrogen-bond donors (Lipinski definition) is 1. The molecule has 18 heavy (non-hydrogen) atoms. The van der Waals surface area contributed by atoms with Crippen molar-refractivity contribution in [3.8, 4) is 0 Å². The third kappa shape index (κ3) is 1.83. The molecule has 3 heteroatoms. The minimum absolute atomic E-state index is 0.142. The lowest BCUT2D eigenvalue weighted by Crippen LogP contribution is -2.25. The standard InChI is InChI=1S/C15H19FN2/c1-18-9-11(8-10-4-2-7-14(10)17)12-5-3-6-13(16)15(12)18/h3,5-6,9-10,14H,2,4,7-8,17H2,1H3. The maximum atomic E-state index is 13.8. The Morgan fingerprint density at radius 1 is 1.39 bits per heavy atom. The Hall–Kier alpha value is -1.35. The Balaban J connectivity index is 2.00. The van der Waals surface area contributed by atoms with Crippen LogP contribution < -0.4 is 5.73 Å². The zero-order valence-corrected chi connectivity index (χ0v) is 10.7. The molecule has 0 radical (unpaired) electrons. The topological polar surface area (TPSA) is 30.9 Å². The molecule has 96 valence electrons. The van der Waals surface area contributed by atoms with Crippen molar-refractivity contribution < 1.29 is 4.39 Å². The maximum Gasteiger partial charge on any atom is 0.147 e. The minimum atomic E-state index is -0.142. The van der Waals surface area contributed by atoms with E-state index in [1.54, 1.807) is 6.07 Å². The van der Waals surface area contributed by atoms with Crippen LogP contribution >= 0.6 is 0 Å². The van der Waals surface area contributed by atoms with Crippen molar-refractivity contribution >= 4 is 10.9 Å². The quantitative estimate of drug-likeness (QED) is 0.867. The lowest BCUT2D eigenvalue weighted by atomic mass is 9.95. The van der Waals surface area contributed by atoms with E-state index in [2.05, 4.69) is 6.20 Å². The van der Waals surface area contributed by atoms with E-state index in [0.29, 0.717) is 17.5 Å². The van der Waals surface area contributed by atoms with Gasteiger partial charge in [0.25, 0.3) is 0 Å². The van der Waals surface area contributed by atoms with E-state index >= 15 is 0 Å². The summed E-state index contributed by atoms with van der Waals surface area (Å²) in [4.78, 5) is 0. The highest BCUT2D eigenvalue weighted by molar-refractivity contribution is 5.84. The summed E-state index contributed by atoms with van der Waals surface area (Å²) >= 11 is 0. The Morgan fingerprint density at radius 2 is 2.22 bits per heavy atom. The molecule has 1 aliphatic carbocycles. The highest BCUT2D eigenvalue weighted by Crippen LogP contribution is 2.31. The molecule has 2 aromatic rings. The van der Waals surface area contributed by atoms with Gasteiger partial charge in [0.1, 0.15) is 5.82 Å². The molecule has 1 aromatic heterocycles. The summed E-state index contributed by atoms with van der Waals surface area (Å²) < 4.78 is 15.7. The van der Waals surface area contributed by atoms with Crippen molar-refractivity contribution in [2.45, 2.75) is 31.7 Å². The van der Waals surface area contributed by atoms with Gasteiger partial charge in [0.2, 0.25) is 0 Å². The number of halogens is 1. The van der Waals surface area contributed by atoms with Crippen LogP contribution in [0.4, 0.5) is 4.39 Å². The van der Waals surface area contributed by atoms with E-state index < -0.39 is 0 Å². The van der Waals surface area contributed by atoms with E-state index in [1.807, 2.05) is 17.7 Å². The number of hydrogen-bond acceptors (Lipinski definition) is 1. The van der Waals surface area contributed by atoms with E-state index in [-0.39, 0.29) is 5.82 Å². The van der Waals surface area contributed by atoms with Gasteiger partial charge in [-0.1, -0.05) is 18.6 Å². The van der Waals surface area contributed by atoms with Crippen LogP contribution in [0.2, 0.25) is 0 Å². The molecule has 0 spiro atoms. The van der Waals surface area contributed by atoms with Gasteiger partial charge < -0.3 is 10.3 Å². The molecule has 0 bridgehead atoms. The van der Waals surface area contributed by atoms with Crippen LogP contribution in [-0.2, 0) is 13.5 Å². The van der Waals surface area contributed by atoms with E-state index in [1.165, 1.54) is 24.5 Å². The lowest BCUT2D eigenvalue weighted by Gasteiger charge is -2.14. The number of rotatable bonds is 2. The minimum Gasteiger partial charge on any atom is -0.348 e. The first-order chi connectivity index (χ1) is 8.66. The molecule has 1 heterocycles. The molecule has 1 aromatic carbocycles. The average Bonchev–Trinajstić information content (AvgIpc) is 2.87. The van der Waals surface area contributed by atoms with Gasteiger partial charge >= 0.3 is 0 Å². The number of nitrogens with two attached hydrogens (primary N) is 1. The van der Waals surface area contributed by atoms with Crippen LogP contribution in [0.25, 0.3) is 10.9 Å². The summed E-state index contributed by atoms with van der Waals surface area (Å²) in [5.74, 6) is 0.413. The zero-order chi connectivity index (χ0) is 12.7. The second-order valence-electron chi connectivity index (χ2n) is 5.46. The van der Waals surface area contributed by atoms with E-state index in [4.69, 9.17) is 5.73 Å². The highest BCUT2D eigenvalue weighted by Gasteiger charge is 2.25. The van der Waals surface area contributed by atoms with Crippen LogP contribution in [-0.4, -0.2) is 10.6 Å². The van der Waals surface area contributed by atoms with Gasteiger partial charge in [0.05, 0.1) is 5.52 Å². The summed E-state index contributed by atoms with van der Waals surface area (Å²) in [6.45, 7) is 0. The first-order valence-electron chi connectivity index (χ1n) is 6.65. The first-order valence-corrected chi connectivity index (χ1v) is 6.65. The number of aromatic nitrogens is 1. The van der Waals surface area contributed by atoms with Crippen molar-refractivity contribution in [3.05, 3.63) is 35.8 Å². The second-order valence-corrected chi connectivity index (χ2v) is 5.46. The van der Waals surface area contributed by atoms with Crippen molar-refractivity contribution in [3.63, 3.8) is 0 Å². The smallest absolute Gasteiger partial charge is 0.147 e. The molecule has 1 aliphatic rings. The molecule has 2 N–H and O–H groups in total. The fourth-order valence-corrected chi connectivity index (χ4v) is 3.26. The second kappa shape index (κ2) is 4.39. The van der Waals surface area contributed by atoms with Crippen molar-refractivity contribution in [2.75, 3.05) is 0 Å². The van der Waals surface area contributed by atoms with Gasteiger partial charge in [-0.3, -0.25) is 0 Å². The Labute approximate surface area is 107 Å². The predicted octanol–water partition coefficient (Wildman–Crippen LogP) is 2.99. The Morgan fingerprint density at radius 3 is 2.94 bits per heavy atom. The van der Waals surface area contributed by atoms with Gasteiger partial charge in [0, 0.05) is 24.7 Å². The number of aryl methyl sites for hydroxylation is 1. The monoisotopic (exact) mass is 246 g/mol. The molecule has 0 aliphatic heterocycles. The highest BCUT2D eigenvalue weighted by atomic mass is 19.1. The van der Waals surface area contributed by atoms with Crippen molar-refractivity contribution in [1.82, 2.24) is 4.57 Å². The van der Waals surface area contributed by atoms with E-state index in [0.717, 1.165) is 18.2 Å². The third-order valence-corrected chi connectivity index (χ3v) is 4.23. The number of para-hydroxylation sites is 1. The van der Waals surface area contributed by atoms with Gasteiger partial charge in [-0.2, -0.15) is 0 Å². The molecular weight excluding hydrogens is 227 g/mol. The van der Waals surface area contributed by atoms with Crippen LogP contribution in [0, 0.1) is 11.7 Å². The number of benzene rings is 1. The summed E-state index contributed by atoms with van der Waals surface area (Å²) in [6.07, 6.45) is 6.59. The third-order valence-electron chi connectivity index (χ3n) is 4.23. The zero-order valence-electron chi connectivity index (χ0n) is 10.7. The largest absolute Gasteiger partial charge is 0.348 e. The van der Waals surface area contributed by atoms with Crippen LogP contribution in [0.1, 0.15) is 24.8 Å². The maximum absolute atomic E-state index is 13.8. The van der Waals surface area contributed by atoms with Gasteiger partial charge in [-0.15, -0.1) is 0 Å². The molecule has 1 fully saturated rings. The number of fused-ring (bicyclic) bond motifs is 1. The predicted molar refractivity (Wildman–Crippen MR) is 71.9 cm³/mol. The van der Waals surface area contributed by atoms with E-state index in [9.17, 15) is 4.39 Å². The molecule has 2 atom stereocenters. The summed E-state index contributed by atoms with van der Waals surface area (Å²) in [5.41, 5.74) is 8.07. The Bertz CT molecular complexity index is 573.